The van der Waals surface area contributed by atoms with Gasteiger partial charge in [0.2, 0.25) is 0 Å². The van der Waals surface area contributed by atoms with Gasteiger partial charge in [-0.3, -0.25) is 0 Å². The van der Waals surface area contributed by atoms with Crippen LogP contribution in [0.5, 0.6) is 0 Å². The molecule has 0 spiro atoms. The van der Waals surface area contributed by atoms with Crippen LogP contribution in [0.4, 0.5) is 11.4 Å². The highest BCUT2D eigenvalue weighted by Crippen LogP contribution is 2.26. The van der Waals surface area contributed by atoms with Crippen LogP contribution in [0.2, 0.25) is 5.02 Å². The maximum absolute atomic E-state index is 5.95. The van der Waals surface area contributed by atoms with Gasteiger partial charge in [0.25, 0.3) is 0 Å². The second kappa shape index (κ2) is 5.26. The normalized spacial score (nSPS) is 12.5. The van der Waals surface area contributed by atoms with Gasteiger partial charge >= 0.3 is 0 Å². The van der Waals surface area contributed by atoms with Crippen molar-refractivity contribution in [1.29, 1.82) is 0 Å². The molecule has 0 aliphatic carbocycles. The topological polar surface area (TPSA) is 29.3 Å². The number of nitrogen functional groups attached to an aromatic ring is 1. The Balaban J connectivity index is 2.80. The number of hydrogen-bond acceptors (Lipinski definition) is 2. The third-order valence-electron chi connectivity index (χ3n) is 2.69. The van der Waals surface area contributed by atoms with E-state index in [1.54, 1.807) is 0 Å². The molecule has 0 bridgehead atoms. The van der Waals surface area contributed by atoms with Crippen LogP contribution in [0, 0.1) is 5.92 Å². The van der Waals surface area contributed by atoms with E-state index in [-0.39, 0.29) is 0 Å². The second-order valence-corrected chi connectivity index (χ2v) is 4.53. The summed E-state index contributed by atoms with van der Waals surface area (Å²) >= 11 is 5.95. The summed E-state index contributed by atoms with van der Waals surface area (Å²) in [5.74, 6) is 0.661. The van der Waals surface area contributed by atoms with E-state index in [9.17, 15) is 0 Å². The van der Waals surface area contributed by atoms with Gasteiger partial charge in [0, 0.05) is 18.6 Å². The Morgan fingerprint density at radius 1 is 1.47 bits per heavy atom. The average Bonchev–Trinajstić information content (AvgIpc) is 2.21. The Kier molecular flexibility index (Phi) is 4.28. The van der Waals surface area contributed by atoms with Gasteiger partial charge in [-0.25, -0.2) is 0 Å². The highest BCUT2D eigenvalue weighted by Gasteiger charge is 2.08. The first kappa shape index (κ1) is 12.2. The van der Waals surface area contributed by atoms with Crippen LogP contribution in [0.1, 0.15) is 20.3 Å². The molecule has 1 unspecified atom stereocenters. The summed E-state index contributed by atoms with van der Waals surface area (Å²) in [6.45, 7) is 5.43. The lowest BCUT2D eigenvalue weighted by Gasteiger charge is -2.24. The number of benzene rings is 1. The smallest absolute Gasteiger partial charge is 0.0612 e. The summed E-state index contributed by atoms with van der Waals surface area (Å²) < 4.78 is 0. The monoisotopic (exact) mass is 226 g/mol. The lowest BCUT2D eigenvalue weighted by molar-refractivity contribution is 0.560. The second-order valence-electron chi connectivity index (χ2n) is 4.10. The predicted octanol–water partition coefficient (Wildman–Crippen LogP) is 3.40. The number of anilines is 2. The first-order valence-corrected chi connectivity index (χ1v) is 5.68. The van der Waals surface area contributed by atoms with Gasteiger partial charge in [-0.2, -0.15) is 0 Å². The molecule has 0 saturated carbocycles. The minimum atomic E-state index is 0.661. The van der Waals surface area contributed by atoms with Gasteiger partial charge in [0.1, 0.15) is 0 Å². The molecule has 84 valence electrons. The van der Waals surface area contributed by atoms with Crippen molar-refractivity contribution >= 4 is 23.0 Å². The molecule has 15 heavy (non-hydrogen) atoms. The SMILES string of the molecule is CCC(C)CN(C)c1cc(Cl)ccc1N. The van der Waals surface area contributed by atoms with Crippen LogP contribution in [0.3, 0.4) is 0 Å². The van der Waals surface area contributed by atoms with Crippen molar-refractivity contribution in [2.45, 2.75) is 20.3 Å². The maximum Gasteiger partial charge on any atom is 0.0612 e. The molecule has 1 atom stereocenters. The van der Waals surface area contributed by atoms with Crippen LogP contribution in [0.15, 0.2) is 18.2 Å². The largest absolute Gasteiger partial charge is 0.397 e. The summed E-state index contributed by atoms with van der Waals surface area (Å²) in [6, 6.07) is 5.58. The number of rotatable bonds is 4. The highest BCUT2D eigenvalue weighted by atomic mass is 35.5. The minimum absolute atomic E-state index is 0.661. The van der Waals surface area contributed by atoms with Crippen molar-refractivity contribution in [2.75, 3.05) is 24.2 Å². The fourth-order valence-electron chi connectivity index (χ4n) is 1.54. The van der Waals surface area contributed by atoms with Crippen molar-refractivity contribution in [3.05, 3.63) is 23.2 Å². The molecular formula is C12H19ClN2. The Morgan fingerprint density at radius 3 is 2.73 bits per heavy atom. The standard InChI is InChI=1S/C12H19ClN2/c1-4-9(2)8-15(3)12-7-10(13)5-6-11(12)14/h5-7,9H,4,8,14H2,1-3H3. The lowest BCUT2D eigenvalue weighted by Crippen LogP contribution is -2.24. The van der Waals surface area contributed by atoms with Gasteiger partial charge in [0.15, 0.2) is 0 Å². The van der Waals surface area contributed by atoms with E-state index in [4.69, 9.17) is 17.3 Å². The van der Waals surface area contributed by atoms with Crippen LogP contribution in [-0.2, 0) is 0 Å². The van der Waals surface area contributed by atoms with Crippen molar-refractivity contribution in [3.63, 3.8) is 0 Å². The molecule has 0 aliphatic heterocycles. The van der Waals surface area contributed by atoms with Gasteiger partial charge in [-0.1, -0.05) is 31.9 Å². The molecule has 2 N–H and O–H groups in total. The Bertz CT molecular complexity index is 325. The zero-order valence-corrected chi connectivity index (χ0v) is 10.4. The molecule has 1 aromatic rings. The molecule has 0 heterocycles. The molecule has 1 aromatic carbocycles. The van der Waals surface area contributed by atoms with Crippen molar-refractivity contribution in [1.82, 2.24) is 0 Å². The minimum Gasteiger partial charge on any atom is -0.397 e. The predicted molar refractivity (Wildman–Crippen MR) is 68.6 cm³/mol. The van der Waals surface area contributed by atoms with Crippen LogP contribution in [0.25, 0.3) is 0 Å². The molecule has 3 heteroatoms. The van der Waals surface area contributed by atoms with Crippen LogP contribution in [-0.4, -0.2) is 13.6 Å². The highest BCUT2D eigenvalue weighted by molar-refractivity contribution is 6.31. The molecule has 0 amide bonds. The molecule has 2 nitrogen and oxygen atoms in total. The van der Waals surface area contributed by atoms with Gasteiger partial charge in [0.05, 0.1) is 11.4 Å². The van der Waals surface area contributed by atoms with E-state index >= 15 is 0 Å². The zero-order valence-electron chi connectivity index (χ0n) is 9.63. The van der Waals surface area contributed by atoms with E-state index in [0.717, 1.165) is 22.9 Å². The quantitative estimate of drug-likeness (QED) is 0.798. The van der Waals surface area contributed by atoms with Crippen molar-refractivity contribution in [3.8, 4) is 0 Å². The average molecular weight is 227 g/mol. The molecule has 0 aromatic heterocycles. The molecule has 0 radical (unpaired) electrons. The summed E-state index contributed by atoms with van der Waals surface area (Å²) in [5, 5.41) is 0.732. The molecule has 0 fully saturated rings. The fraction of sp³-hybridized carbons (Fsp3) is 0.500. The number of halogens is 1. The van der Waals surface area contributed by atoms with Crippen LogP contribution < -0.4 is 10.6 Å². The Morgan fingerprint density at radius 2 is 2.13 bits per heavy atom. The Labute approximate surface area is 97.0 Å². The van der Waals surface area contributed by atoms with E-state index < -0.39 is 0 Å². The van der Waals surface area contributed by atoms with Crippen molar-refractivity contribution in [2.24, 2.45) is 5.92 Å². The molecule has 0 aliphatic rings. The third kappa shape index (κ3) is 3.31. The van der Waals surface area contributed by atoms with Crippen molar-refractivity contribution < 1.29 is 0 Å². The summed E-state index contributed by atoms with van der Waals surface area (Å²) in [5.41, 5.74) is 7.71. The Hall–Kier alpha value is -0.890. The number of hydrogen-bond donors (Lipinski definition) is 1. The first-order valence-electron chi connectivity index (χ1n) is 5.30. The zero-order chi connectivity index (χ0) is 11.4. The summed E-state index contributed by atoms with van der Waals surface area (Å²) in [7, 11) is 2.05. The summed E-state index contributed by atoms with van der Waals surface area (Å²) in [6.07, 6.45) is 1.17. The fourth-order valence-corrected chi connectivity index (χ4v) is 1.71. The first-order chi connectivity index (χ1) is 7.04. The van der Waals surface area contributed by atoms with E-state index in [1.807, 2.05) is 25.2 Å². The molecular weight excluding hydrogens is 208 g/mol. The van der Waals surface area contributed by atoms with Gasteiger partial charge in [-0.05, 0) is 24.1 Å². The molecule has 1 rings (SSSR count). The van der Waals surface area contributed by atoms with Gasteiger partial charge in [-0.15, -0.1) is 0 Å². The number of nitrogens with two attached hydrogens (primary N) is 1. The van der Waals surface area contributed by atoms with E-state index in [1.165, 1.54) is 6.42 Å². The van der Waals surface area contributed by atoms with E-state index in [0.29, 0.717) is 5.92 Å². The van der Waals surface area contributed by atoms with E-state index in [2.05, 4.69) is 18.7 Å². The molecule has 0 saturated heterocycles. The maximum atomic E-state index is 5.95. The van der Waals surface area contributed by atoms with Gasteiger partial charge < -0.3 is 10.6 Å². The number of nitrogens with zero attached hydrogens (tertiary/aromatic N) is 1. The lowest BCUT2D eigenvalue weighted by atomic mass is 10.1. The van der Waals surface area contributed by atoms with Crippen LogP contribution >= 0.6 is 11.6 Å². The summed E-state index contributed by atoms with van der Waals surface area (Å²) in [4.78, 5) is 2.16. The third-order valence-corrected chi connectivity index (χ3v) is 2.92.